The van der Waals surface area contributed by atoms with Crippen LogP contribution in [0.15, 0.2) is 36.0 Å². The number of carbonyl (C=O) groups excluding carboxylic acids is 1. The third-order valence-corrected chi connectivity index (χ3v) is 4.50. The molecule has 1 amide bonds. The normalized spacial score (nSPS) is 18.5. The molecule has 0 radical (unpaired) electrons. The van der Waals surface area contributed by atoms with Crippen molar-refractivity contribution in [2.24, 2.45) is 0 Å². The van der Waals surface area contributed by atoms with Gasteiger partial charge in [0.25, 0.3) is 5.91 Å². The van der Waals surface area contributed by atoms with Crippen molar-refractivity contribution in [3.8, 4) is 5.75 Å². The summed E-state index contributed by atoms with van der Waals surface area (Å²) in [5.41, 5.74) is 1.05. The van der Waals surface area contributed by atoms with Crippen LogP contribution in [0, 0.1) is 0 Å². The van der Waals surface area contributed by atoms with Gasteiger partial charge in [0.05, 0.1) is 13.2 Å². The van der Waals surface area contributed by atoms with Gasteiger partial charge in [-0.2, -0.15) is 0 Å². The number of amides is 1. The number of ether oxygens (including phenoxy) is 1. The Labute approximate surface area is 127 Å². The Balaban J connectivity index is 1.89. The van der Waals surface area contributed by atoms with Crippen LogP contribution in [0.5, 0.6) is 5.75 Å². The Morgan fingerprint density at radius 2 is 2.43 bits per heavy atom. The van der Waals surface area contributed by atoms with E-state index in [-0.39, 0.29) is 11.9 Å². The van der Waals surface area contributed by atoms with Gasteiger partial charge in [0.15, 0.2) is 0 Å². The summed E-state index contributed by atoms with van der Waals surface area (Å²) in [6, 6.07) is 5.75. The van der Waals surface area contributed by atoms with Crippen LogP contribution in [-0.4, -0.2) is 42.5 Å². The minimum absolute atomic E-state index is 0.00626. The van der Waals surface area contributed by atoms with Crippen LogP contribution < -0.4 is 10.1 Å². The van der Waals surface area contributed by atoms with E-state index in [9.17, 15) is 4.79 Å². The second kappa shape index (κ2) is 6.24. The van der Waals surface area contributed by atoms with E-state index in [4.69, 9.17) is 4.74 Å². The van der Waals surface area contributed by atoms with Crippen LogP contribution in [-0.2, 0) is 0 Å². The number of piperazine rings is 1. The first-order valence-electron chi connectivity index (χ1n) is 6.84. The molecule has 1 saturated heterocycles. The molecule has 0 spiro atoms. The van der Waals surface area contributed by atoms with E-state index in [2.05, 4.69) is 10.3 Å². The van der Waals surface area contributed by atoms with Crippen molar-refractivity contribution in [2.75, 3.05) is 26.7 Å². The highest BCUT2D eigenvalue weighted by atomic mass is 32.1. The van der Waals surface area contributed by atoms with Gasteiger partial charge >= 0.3 is 0 Å². The number of aromatic nitrogens is 1. The largest absolute Gasteiger partial charge is 0.495 e. The smallest absolute Gasteiger partial charge is 0.268 e. The van der Waals surface area contributed by atoms with E-state index in [1.807, 2.05) is 34.7 Å². The Kier molecular flexibility index (Phi) is 4.17. The fraction of sp³-hybridized carbons (Fsp3) is 0.333. The number of pyridine rings is 1. The third kappa shape index (κ3) is 2.77. The molecule has 0 aliphatic carbocycles. The van der Waals surface area contributed by atoms with Crippen LogP contribution in [0.4, 0.5) is 0 Å². The second-order valence-corrected chi connectivity index (χ2v) is 5.74. The van der Waals surface area contributed by atoms with E-state index in [1.54, 1.807) is 13.3 Å². The predicted octanol–water partition coefficient (Wildman–Crippen LogP) is 1.94. The van der Waals surface area contributed by atoms with Crippen LogP contribution >= 0.6 is 11.3 Å². The molecule has 21 heavy (non-hydrogen) atoms. The lowest BCUT2D eigenvalue weighted by Crippen LogP contribution is -2.48. The summed E-state index contributed by atoms with van der Waals surface area (Å²) in [7, 11) is 1.59. The topological polar surface area (TPSA) is 54.5 Å². The SMILES string of the molecule is COc1ccsc1C(=O)N1CCNCC1c1cccnc1. The number of hydrogen-bond acceptors (Lipinski definition) is 5. The number of carbonyl (C=O) groups is 1. The molecule has 0 aromatic carbocycles. The fourth-order valence-electron chi connectivity index (χ4n) is 2.56. The maximum atomic E-state index is 12.8. The molecule has 110 valence electrons. The van der Waals surface area contributed by atoms with Crippen LogP contribution in [0.25, 0.3) is 0 Å². The standard InChI is InChI=1S/C15H17N3O2S/c1-20-13-4-8-21-14(13)15(19)18-7-6-17-10-12(18)11-3-2-5-16-9-11/h2-5,8-9,12,17H,6-7,10H2,1H3. The van der Waals surface area contributed by atoms with E-state index >= 15 is 0 Å². The average Bonchev–Trinajstić information content (AvgIpc) is 3.03. The van der Waals surface area contributed by atoms with E-state index in [0.29, 0.717) is 17.2 Å². The molecule has 6 heteroatoms. The fourth-order valence-corrected chi connectivity index (χ4v) is 3.38. The van der Waals surface area contributed by atoms with Crippen LogP contribution in [0.3, 0.4) is 0 Å². The van der Waals surface area contributed by atoms with Gasteiger partial charge in [0, 0.05) is 32.0 Å². The number of rotatable bonds is 3. The quantitative estimate of drug-likeness (QED) is 0.941. The lowest BCUT2D eigenvalue weighted by atomic mass is 10.1. The highest BCUT2D eigenvalue weighted by Gasteiger charge is 2.30. The number of nitrogens with one attached hydrogen (secondary N) is 1. The van der Waals surface area contributed by atoms with Gasteiger partial charge in [-0.1, -0.05) is 6.07 Å². The molecule has 1 atom stereocenters. The molecule has 1 unspecified atom stereocenters. The van der Waals surface area contributed by atoms with Gasteiger partial charge in [0.2, 0.25) is 0 Å². The average molecular weight is 303 g/mol. The first-order valence-corrected chi connectivity index (χ1v) is 7.72. The maximum Gasteiger partial charge on any atom is 0.268 e. The number of thiophene rings is 1. The van der Waals surface area contributed by atoms with E-state index < -0.39 is 0 Å². The first-order chi connectivity index (χ1) is 10.3. The second-order valence-electron chi connectivity index (χ2n) is 4.82. The lowest BCUT2D eigenvalue weighted by molar-refractivity contribution is 0.0636. The zero-order chi connectivity index (χ0) is 14.7. The highest BCUT2D eigenvalue weighted by molar-refractivity contribution is 7.12. The van der Waals surface area contributed by atoms with Crippen LogP contribution in [0.1, 0.15) is 21.3 Å². The van der Waals surface area contributed by atoms with Crippen molar-refractivity contribution in [3.05, 3.63) is 46.4 Å². The molecular formula is C15H17N3O2S. The molecule has 1 aliphatic heterocycles. The van der Waals surface area contributed by atoms with Gasteiger partial charge in [-0.15, -0.1) is 11.3 Å². The van der Waals surface area contributed by atoms with Crippen molar-refractivity contribution < 1.29 is 9.53 Å². The zero-order valence-electron chi connectivity index (χ0n) is 11.8. The zero-order valence-corrected chi connectivity index (χ0v) is 12.6. The van der Waals surface area contributed by atoms with Gasteiger partial charge in [-0.25, -0.2) is 0 Å². The Bertz CT molecular complexity index is 614. The molecule has 1 fully saturated rings. The van der Waals surface area contributed by atoms with E-state index in [0.717, 1.165) is 18.7 Å². The Morgan fingerprint density at radius 1 is 1.52 bits per heavy atom. The predicted molar refractivity (Wildman–Crippen MR) is 81.8 cm³/mol. The summed E-state index contributed by atoms with van der Waals surface area (Å²) >= 11 is 1.42. The lowest BCUT2D eigenvalue weighted by Gasteiger charge is -2.36. The first kappa shape index (κ1) is 14.0. The van der Waals surface area contributed by atoms with E-state index in [1.165, 1.54) is 11.3 Å². The number of nitrogens with zero attached hydrogens (tertiary/aromatic N) is 2. The molecular weight excluding hydrogens is 286 g/mol. The molecule has 2 aromatic rings. The summed E-state index contributed by atoms with van der Waals surface area (Å²) in [5.74, 6) is 0.672. The van der Waals surface area contributed by atoms with Crippen LogP contribution in [0.2, 0.25) is 0 Å². The minimum Gasteiger partial charge on any atom is -0.495 e. The van der Waals surface area contributed by atoms with Gasteiger partial charge in [0.1, 0.15) is 10.6 Å². The van der Waals surface area contributed by atoms with Crippen molar-refractivity contribution in [2.45, 2.75) is 6.04 Å². The highest BCUT2D eigenvalue weighted by Crippen LogP contribution is 2.30. The molecule has 1 aliphatic rings. The monoisotopic (exact) mass is 303 g/mol. The summed E-state index contributed by atoms with van der Waals surface area (Å²) < 4.78 is 5.27. The summed E-state index contributed by atoms with van der Waals surface area (Å²) in [6.07, 6.45) is 3.57. The number of hydrogen-bond donors (Lipinski definition) is 1. The molecule has 5 nitrogen and oxygen atoms in total. The molecule has 1 N–H and O–H groups in total. The molecule has 3 rings (SSSR count). The van der Waals surface area contributed by atoms with Gasteiger partial charge in [-0.05, 0) is 23.1 Å². The van der Waals surface area contributed by atoms with Crippen molar-refractivity contribution in [3.63, 3.8) is 0 Å². The summed E-state index contributed by atoms with van der Waals surface area (Å²) in [6.45, 7) is 2.22. The number of methoxy groups -OCH3 is 1. The van der Waals surface area contributed by atoms with Gasteiger partial charge in [-0.3, -0.25) is 9.78 Å². The molecule has 0 saturated carbocycles. The Hall–Kier alpha value is -1.92. The molecule has 0 bridgehead atoms. The molecule has 2 aromatic heterocycles. The summed E-state index contributed by atoms with van der Waals surface area (Å²) in [4.78, 5) is 19.6. The summed E-state index contributed by atoms with van der Waals surface area (Å²) in [5, 5.41) is 5.22. The van der Waals surface area contributed by atoms with Crippen molar-refractivity contribution >= 4 is 17.2 Å². The van der Waals surface area contributed by atoms with Gasteiger partial charge < -0.3 is 15.0 Å². The maximum absolute atomic E-state index is 12.8. The van der Waals surface area contributed by atoms with Crippen molar-refractivity contribution in [1.29, 1.82) is 0 Å². The Morgan fingerprint density at radius 3 is 3.19 bits per heavy atom. The minimum atomic E-state index is 0.00626. The third-order valence-electron chi connectivity index (χ3n) is 3.62. The van der Waals surface area contributed by atoms with Crippen molar-refractivity contribution in [1.82, 2.24) is 15.2 Å². The molecule has 3 heterocycles.